The third-order valence-electron chi connectivity index (χ3n) is 10.3. The Morgan fingerprint density at radius 3 is 1.19 bits per heavy atom. The molecule has 0 aliphatic carbocycles. The largest absolute Gasteiger partial charge is 0.509 e. The topological polar surface area (TPSA) is 355 Å². The molecule has 0 atom stereocenters. The molecule has 15 N–H and O–H groups in total. The van der Waals surface area contributed by atoms with Crippen LogP contribution in [0.3, 0.4) is 0 Å². The summed E-state index contributed by atoms with van der Waals surface area (Å²) in [6, 6.07) is 7.67. The molecule has 0 amide bonds. The maximum atomic E-state index is 11.9. The van der Waals surface area contributed by atoms with Gasteiger partial charge in [-0.1, -0.05) is 35.8 Å². The van der Waals surface area contributed by atoms with Crippen LogP contribution in [0.2, 0.25) is 0 Å². The molecule has 0 fully saturated rings. The van der Waals surface area contributed by atoms with Crippen LogP contribution < -0.4 is 27.3 Å². The highest BCUT2D eigenvalue weighted by molar-refractivity contribution is 6.57. The molecule has 8 aromatic rings. The minimum Gasteiger partial charge on any atom is -0.509 e. The number of aromatic hydroxyl groups is 15. The van der Waals surface area contributed by atoms with Crippen LogP contribution in [-0.2, 0) is 0 Å². The molecule has 0 aliphatic heterocycles. The normalized spacial score (nSPS) is 11.5. The Balaban J connectivity index is 1.48. The van der Waals surface area contributed by atoms with Gasteiger partial charge in [-0.05, 0) is 38.5 Å². The Morgan fingerprint density at radius 2 is 0.651 bits per heavy atom. The first-order valence-electron chi connectivity index (χ1n) is 17.5. The van der Waals surface area contributed by atoms with E-state index in [2.05, 4.69) is 15.0 Å². The molecule has 0 unspecified atom stereocenters. The zero-order chi connectivity index (χ0) is 46.0. The molecule has 19 nitrogen and oxygen atoms in total. The lowest BCUT2D eigenvalue weighted by atomic mass is 9.64. The van der Waals surface area contributed by atoms with Gasteiger partial charge in [0.1, 0.15) is 56.1 Å². The first-order chi connectivity index (χ1) is 29.6. The van der Waals surface area contributed by atoms with E-state index in [1.165, 1.54) is 12.1 Å². The van der Waals surface area contributed by atoms with E-state index in [1.807, 2.05) is 0 Å². The second-order valence-electron chi connectivity index (χ2n) is 13.7. The lowest BCUT2D eigenvalue weighted by Crippen LogP contribution is -2.35. The molecule has 24 heteroatoms. The van der Waals surface area contributed by atoms with E-state index >= 15 is 0 Å². The maximum absolute atomic E-state index is 11.9. The Labute approximate surface area is 356 Å². The first-order valence-corrected chi connectivity index (χ1v) is 17.5. The van der Waals surface area contributed by atoms with Gasteiger partial charge in [-0.25, -0.2) is 15.0 Å². The van der Waals surface area contributed by atoms with E-state index in [1.54, 1.807) is 18.2 Å². The number of hydrogen-bond acceptors (Lipinski definition) is 19. The fourth-order valence-corrected chi connectivity index (χ4v) is 7.16. The second-order valence-corrected chi connectivity index (χ2v) is 13.7. The van der Waals surface area contributed by atoms with Gasteiger partial charge in [0.05, 0.1) is 16.3 Å². The van der Waals surface area contributed by atoms with Gasteiger partial charge in [-0.3, -0.25) is 0 Å². The van der Waals surface area contributed by atoms with Crippen molar-refractivity contribution in [1.29, 1.82) is 0 Å². The van der Waals surface area contributed by atoms with Gasteiger partial charge in [-0.2, -0.15) is 0 Å². The number of benzene rings is 6. The summed E-state index contributed by atoms with van der Waals surface area (Å²) in [6.45, 7) is 0. The van der Waals surface area contributed by atoms with Crippen molar-refractivity contribution in [2.24, 2.45) is 0 Å². The molecule has 0 bridgehead atoms. The highest BCUT2D eigenvalue weighted by Gasteiger charge is 2.35. The van der Waals surface area contributed by atoms with Crippen molar-refractivity contribution in [1.82, 2.24) is 15.0 Å². The number of hydrogen-bond donors (Lipinski definition) is 15. The van der Waals surface area contributed by atoms with Gasteiger partial charge in [-0.15, -0.1) is 0 Å². The summed E-state index contributed by atoms with van der Waals surface area (Å²) in [5.41, 5.74) is -9.47. The summed E-state index contributed by atoms with van der Waals surface area (Å²) in [5.74, 6) is -20.2. The number of furan rings is 1. The molecule has 0 aliphatic rings. The molecule has 6 aromatic carbocycles. The Morgan fingerprint density at radius 1 is 0.302 bits per heavy atom. The zero-order valence-corrected chi connectivity index (χ0v) is 31.2. The SMILES string of the molecule is [B]c1c(O)c([B])c(-c2c(O)c(O)c(O)c3c2oc2c(O)c(-c4nc(-c5ccccc5)nc(-c5c(O)c(O)c(O)c(O)c5O)n4)c(O)c(O)c23)c([B])c1-c1c([B])c(O)c(O)c(O)c1[B]. The lowest BCUT2D eigenvalue weighted by Gasteiger charge is -2.25. The van der Waals surface area contributed by atoms with E-state index in [0.717, 1.165) is 0 Å². The standard InChI is InChI=1S/C39H20B5N3O16/c40-15-7(8-18(43)28(56)33(61)29(57)19(8)44)16(41)27(55)17(42)9(15)10-21(49)30(58)22(50)11-12-20(48)23(51)14(26(54)36(12)63-35(10)11)39-46-37(6-4-2-1-3-5-6)45-38(47-39)13-24(52)31(59)34(62)32(60)25(13)53/h1-5,48-62H. The predicted molar refractivity (Wildman–Crippen MR) is 226 cm³/mol. The predicted octanol–water partition coefficient (Wildman–Crippen LogP) is -0.341. The monoisotopic (exact) mass is 841 g/mol. The van der Waals surface area contributed by atoms with Gasteiger partial charge in [0.2, 0.25) is 23.0 Å². The quantitative estimate of drug-likeness (QED) is 0.0598. The van der Waals surface area contributed by atoms with E-state index in [0.29, 0.717) is 0 Å². The number of phenols is 15. The first kappa shape index (κ1) is 41.2. The minimum absolute atomic E-state index is 0.199. The van der Waals surface area contributed by atoms with Crippen LogP contribution in [0, 0.1) is 0 Å². The molecule has 2 heterocycles. The Hall–Kier alpha value is -8.55. The second kappa shape index (κ2) is 14.0. The van der Waals surface area contributed by atoms with Crippen LogP contribution in [0.5, 0.6) is 86.2 Å². The molecule has 0 saturated carbocycles. The third-order valence-corrected chi connectivity index (χ3v) is 10.3. The summed E-state index contributed by atoms with van der Waals surface area (Å²) >= 11 is 0. The average Bonchev–Trinajstić information content (AvgIpc) is 3.68. The third kappa shape index (κ3) is 5.57. The van der Waals surface area contributed by atoms with Gasteiger partial charge in [0, 0.05) is 5.56 Å². The molecule has 10 radical (unpaired) electrons. The van der Waals surface area contributed by atoms with Gasteiger partial charge in [0.25, 0.3) is 0 Å². The van der Waals surface area contributed by atoms with Gasteiger partial charge < -0.3 is 81.0 Å². The van der Waals surface area contributed by atoms with E-state index in [-0.39, 0.29) is 11.4 Å². The van der Waals surface area contributed by atoms with Crippen molar-refractivity contribution in [3.63, 3.8) is 0 Å². The van der Waals surface area contributed by atoms with Crippen LogP contribution in [0.25, 0.3) is 78.4 Å². The fraction of sp³-hybridized carbons (Fsp3) is 0. The maximum Gasteiger partial charge on any atom is 0.208 e. The van der Waals surface area contributed by atoms with Crippen LogP contribution in [0.15, 0.2) is 34.7 Å². The highest BCUT2D eigenvalue weighted by atomic mass is 16.4. The average molecular weight is 841 g/mol. The van der Waals surface area contributed by atoms with Crippen molar-refractivity contribution < 1.29 is 81.0 Å². The number of rotatable bonds is 5. The molecule has 2 aromatic heterocycles. The Kier molecular flexibility index (Phi) is 9.16. The molecule has 0 spiro atoms. The zero-order valence-electron chi connectivity index (χ0n) is 31.2. The van der Waals surface area contributed by atoms with E-state index in [9.17, 15) is 76.6 Å². The summed E-state index contributed by atoms with van der Waals surface area (Å²) in [4.78, 5) is 12.5. The smallest absolute Gasteiger partial charge is 0.208 e. The van der Waals surface area contributed by atoms with E-state index in [4.69, 9.17) is 43.6 Å². The fourth-order valence-electron chi connectivity index (χ4n) is 7.16. The molecule has 8 rings (SSSR count). The number of nitrogens with zero attached hydrogens (tertiary/aromatic N) is 3. The molecular formula is C39H20B5N3O16. The molecule has 0 saturated heterocycles. The summed E-state index contributed by atoms with van der Waals surface area (Å²) in [6.07, 6.45) is 0. The number of fused-ring (bicyclic) bond motifs is 3. The molecule has 63 heavy (non-hydrogen) atoms. The molecular weight excluding hydrogens is 820 g/mol. The minimum atomic E-state index is -1.35. The molecule has 302 valence electrons. The van der Waals surface area contributed by atoms with Crippen molar-refractivity contribution >= 4 is 88.5 Å². The van der Waals surface area contributed by atoms with Gasteiger partial charge in [0.15, 0.2) is 86.1 Å². The van der Waals surface area contributed by atoms with E-state index < -0.39 is 181 Å². The van der Waals surface area contributed by atoms with Crippen LogP contribution >= 0.6 is 0 Å². The van der Waals surface area contributed by atoms with Crippen molar-refractivity contribution in [3.8, 4) is 143 Å². The highest BCUT2D eigenvalue weighted by Crippen LogP contribution is 2.59. The van der Waals surface area contributed by atoms with Crippen LogP contribution in [0.4, 0.5) is 0 Å². The van der Waals surface area contributed by atoms with Crippen LogP contribution in [0.1, 0.15) is 0 Å². The van der Waals surface area contributed by atoms with Gasteiger partial charge >= 0.3 is 0 Å². The summed E-state index contributed by atoms with van der Waals surface area (Å²) in [7, 11) is 31.0. The number of aromatic nitrogens is 3. The number of phenolic OH excluding ortho intramolecular Hbond substituents is 15. The summed E-state index contributed by atoms with van der Waals surface area (Å²) < 4.78 is 5.94. The van der Waals surface area contributed by atoms with Crippen molar-refractivity contribution in [3.05, 3.63) is 30.3 Å². The summed E-state index contributed by atoms with van der Waals surface area (Å²) in [5, 5.41) is 162. The lowest BCUT2D eigenvalue weighted by molar-refractivity contribution is 0.329. The van der Waals surface area contributed by atoms with Crippen LogP contribution in [-0.4, -0.2) is 131 Å². The van der Waals surface area contributed by atoms with Crippen molar-refractivity contribution in [2.45, 2.75) is 0 Å². The van der Waals surface area contributed by atoms with Crippen molar-refractivity contribution in [2.75, 3.05) is 0 Å². The Bertz CT molecular complexity index is 3310.